The minimum Gasteiger partial charge on any atom is -0.444 e. The predicted octanol–water partition coefficient (Wildman–Crippen LogP) is 3.18. The van der Waals surface area contributed by atoms with Gasteiger partial charge >= 0.3 is 12.1 Å². The molecule has 1 saturated carbocycles. The van der Waals surface area contributed by atoms with Crippen molar-refractivity contribution in [3.63, 3.8) is 0 Å². The van der Waals surface area contributed by atoms with Gasteiger partial charge in [0, 0.05) is 12.1 Å². The van der Waals surface area contributed by atoms with Crippen LogP contribution < -0.4 is 10.8 Å². The fourth-order valence-electron chi connectivity index (χ4n) is 2.67. The van der Waals surface area contributed by atoms with Crippen molar-refractivity contribution in [2.45, 2.75) is 64.1 Å². The van der Waals surface area contributed by atoms with Gasteiger partial charge in [0.05, 0.1) is 5.56 Å². The Hall–Kier alpha value is -2.08. The lowest BCUT2D eigenvalue weighted by molar-refractivity contribution is 0.00838. The van der Waals surface area contributed by atoms with E-state index in [9.17, 15) is 9.59 Å². The van der Waals surface area contributed by atoms with E-state index in [-0.39, 0.29) is 12.1 Å². The second kappa shape index (κ2) is 8.15. The maximum Gasteiger partial charge on any atom is 0.407 e. The monoisotopic (exact) mass is 334 g/mol. The van der Waals surface area contributed by atoms with E-state index >= 15 is 0 Å². The minimum atomic E-state index is -0.512. The molecule has 2 N–H and O–H groups in total. The topological polar surface area (TPSA) is 76.7 Å². The fourth-order valence-corrected chi connectivity index (χ4v) is 2.67. The van der Waals surface area contributed by atoms with Gasteiger partial charge in [-0.05, 0) is 58.6 Å². The van der Waals surface area contributed by atoms with Crippen LogP contribution in [0.4, 0.5) is 4.79 Å². The van der Waals surface area contributed by atoms with Crippen LogP contribution >= 0.6 is 0 Å². The standard InChI is InChI=1S/C18H26N2O4/c1-18(2,3)23-17(22)19-14-10-7-11-15(12-14)20-24-16(21)13-8-5-4-6-9-13/h4-6,8-9,14-15,20H,7,10-12H2,1-3H3,(H,19,22)/t14-,15+/m1/s1. The lowest BCUT2D eigenvalue weighted by atomic mass is 9.91. The maximum absolute atomic E-state index is 11.9. The Morgan fingerprint density at radius 3 is 2.42 bits per heavy atom. The first-order valence-corrected chi connectivity index (χ1v) is 8.35. The SMILES string of the molecule is CC(C)(C)OC(=O)N[C@@H]1CCC[C@H](NOC(=O)c2ccccc2)C1. The van der Waals surface area contributed by atoms with Crippen LogP contribution in [0.15, 0.2) is 30.3 Å². The molecule has 0 aliphatic heterocycles. The Balaban J connectivity index is 1.77. The van der Waals surface area contributed by atoms with Crippen LogP contribution in [0.25, 0.3) is 0 Å². The van der Waals surface area contributed by atoms with Gasteiger partial charge in [0.25, 0.3) is 0 Å². The van der Waals surface area contributed by atoms with Gasteiger partial charge in [-0.25, -0.2) is 9.59 Å². The van der Waals surface area contributed by atoms with Crippen LogP contribution in [0.3, 0.4) is 0 Å². The summed E-state index contributed by atoms with van der Waals surface area (Å²) in [4.78, 5) is 28.9. The number of hydrogen-bond acceptors (Lipinski definition) is 5. The summed E-state index contributed by atoms with van der Waals surface area (Å²) in [7, 11) is 0. The van der Waals surface area contributed by atoms with Crippen molar-refractivity contribution in [1.82, 2.24) is 10.8 Å². The lowest BCUT2D eigenvalue weighted by Crippen LogP contribution is -2.46. The molecule has 0 spiro atoms. The first kappa shape index (κ1) is 18.3. The van der Waals surface area contributed by atoms with Crippen molar-refractivity contribution >= 4 is 12.1 Å². The number of carbonyl (C=O) groups excluding carboxylic acids is 2. The fraction of sp³-hybridized carbons (Fsp3) is 0.556. The van der Waals surface area contributed by atoms with Crippen molar-refractivity contribution in [1.29, 1.82) is 0 Å². The predicted molar refractivity (Wildman–Crippen MR) is 90.4 cm³/mol. The van der Waals surface area contributed by atoms with E-state index in [0.29, 0.717) is 12.0 Å². The van der Waals surface area contributed by atoms with E-state index in [1.54, 1.807) is 24.3 Å². The molecule has 1 aliphatic carbocycles. The van der Waals surface area contributed by atoms with E-state index in [0.717, 1.165) is 19.3 Å². The molecular formula is C18H26N2O4. The molecule has 1 aliphatic rings. The smallest absolute Gasteiger partial charge is 0.407 e. The second-order valence-electron chi connectivity index (χ2n) is 7.08. The highest BCUT2D eigenvalue weighted by Gasteiger charge is 2.26. The zero-order valence-corrected chi connectivity index (χ0v) is 14.5. The normalized spacial score (nSPS) is 21.0. The molecule has 1 aromatic rings. The summed E-state index contributed by atoms with van der Waals surface area (Å²) < 4.78 is 5.28. The molecule has 6 nitrogen and oxygen atoms in total. The number of carbonyl (C=O) groups is 2. The third kappa shape index (κ3) is 6.20. The van der Waals surface area contributed by atoms with E-state index in [2.05, 4.69) is 10.8 Å². The molecule has 132 valence electrons. The van der Waals surface area contributed by atoms with Crippen LogP contribution in [0, 0.1) is 0 Å². The van der Waals surface area contributed by atoms with Crippen LogP contribution in [0.2, 0.25) is 0 Å². The Kier molecular flexibility index (Phi) is 6.20. The highest BCUT2D eigenvalue weighted by atomic mass is 16.7. The summed E-state index contributed by atoms with van der Waals surface area (Å²) in [6.45, 7) is 5.50. The molecule has 2 rings (SSSR count). The number of alkyl carbamates (subject to hydrolysis) is 1. The minimum absolute atomic E-state index is 0.0153. The molecule has 0 unspecified atom stereocenters. The molecular weight excluding hydrogens is 308 g/mol. The van der Waals surface area contributed by atoms with E-state index < -0.39 is 17.7 Å². The lowest BCUT2D eigenvalue weighted by Gasteiger charge is -2.30. The van der Waals surface area contributed by atoms with Gasteiger partial charge in [-0.3, -0.25) is 0 Å². The molecule has 0 saturated heterocycles. The summed E-state index contributed by atoms with van der Waals surface area (Å²) in [5.74, 6) is -0.405. The van der Waals surface area contributed by atoms with Crippen molar-refractivity contribution in [3.8, 4) is 0 Å². The maximum atomic E-state index is 11.9. The first-order valence-electron chi connectivity index (χ1n) is 8.35. The number of amides is 1. The van der Waals surface area contributed by atoms with Crippen LogP contribution in [0.1, 0.15) is 56.8 Å². The third-order valence-corrected chi connectivity index (χ3v) is 3.72. The summed E-state index contributed by atoms with van der Waals surface area (Å²) >= 11 is 0. The molecule has 24 heavy (non-hydrogen) atoms. The highest BCUT2D eigenvalue weighted by molar-refractivity contribution is 5.89. The van der Waals surface area contributed by atoms with Gasteiger partial charge in [0.2, 0.25) is 0 Å². The Morgan fingerprint density at radius 2 is 1.75 bits per heavy atom. The van der Waals surface area contributed by atoms with Gasteiger partial charge in [-0.1, -0.05) is 18.2 Å². The van der Waals surface area contributed by atoms with Crippen molar-refractivity contribution in [3.05, 3.63) is 35.9 Å². The Labute approximate surface area is 142 Å². The van der Waals surface area contributed by atoms with Crippen molar-refractivity contribution in [2.24, 2.45) is 0 Å². The van der Waals surface area contributed by atoms with Crippen LogP contribution in [-0.4, -0.2) is 29.7 Å². The molecule has 0 heterocycles. The van der Waals surface area contributed by atoms with Gasteiger partial charge < -0.3 is 14.9 Å². The van der Waals surface area contributed by atoms with Gasteiger partial charge in [0.15, 0.2) is 0 Å². The molecule has 1 amide bonds. The van der Waals surface area contributed by atoms with Crippen molar-refractivity contribution < 1.29 is 19.2 Å². The average Bonchev–Trinajstić information content (AvgIpc) is 2.52. The Bertz CT molecular complexity index is 554. The largest absolute Gasteiger partial charge is 0.444 e. The van der Waals surface area contributed by atoms with E-state index in [1.807, 2.05) is 26.8 Å². The molecule has 0 aromatic heterocycles. The Morgan fingerprint density at radius 1 is 1.08 bits per heavy atom. The number of hydrogen-bond donors (Lipinski definition) is 2. The van der Waals surface area contributed by atoms with E-state index in [4.69, 9.17) is 9.57 Å². The third-order valence-electron chi connectivity index (χ3n) is 3.72. The second-order valence-corrected chi connectivity index (χ2v) is 7.08. The number of rotatable bonds is 4. The first-order chi connectivity index (χ1) is 11.3. The highest BCUT2D eigenvalue weighted by Crippen LogP contribution is 2.19. The molecule has 2 atom stereocenters. The molecule has 1 fully saturated rings. The number of hydroxylamine groups is 1. The molecule has 0 radical (unpaired) electrons. The van der Waals surface area contributed by atoms with Gasteiger partial charge in [0.1, 0.15) is 5.60 Å². The number of ether oxygens (including phenoxy) is 1. The summed E-state index contributed by atoms with van der Waals surface area (Å²) in [5.41, 5.74) is 2.82. The van der Waals surface area contributed by atoms with Gasteiger partial charge in [-0.15, -0.1) is 5.48 Å². The molecule has 1 aromatic carbocycles. The van der Waals surface area contributed by atoms with Crippen LogP contribution in [-0.2, 0) is 9.57 Å². The van der Waals surface area contributed by atoms with Gasteiger partial charge in [-0.2, -0.15) is 0 Å². The summed E-state index contributed by atoms with van der Waals surface area (Å²) in [6, 6.07) is 8.87. The summed E-state index contributed by atoms with van der Waals surface area (Å²) in [5, 5.41) is 2.88. The average molecular weight is 334 g/mol. The summed E-state index contributed by atoms with van der Waals surface area (Å²) in [6.07, 6.45) is 3.02. The zero-order valence-electron chi connectivity index (χ0n) is 14.5. The van der Waals surface area contributed by atoms with Crippen LogP contribution in [0.5, 0.6) is 0 Å². The van der Waals surface area contributed by atoms with E-state index in [1.165, 1.54) is 0 Å². The number of benzene rings is 1. The zero-order chi connectivity index (χ0) is 17.6. The van der Waals surface area contributed by atoms with Crippen molar-refractivity contribution in [2.75, 3.05) is 0 Å². The number of nitrogens with one attached hydrogen (secondary N) is 2. The molecule has 0 bridgehead atoms. The molecule has 6 heteroatoms. The quantitative estimate of drug-likeness (QED) is 0.827.